The van der Waals surface area contributed by atoms with E-state index in [-0.39, 0.29) is 24.4 Å². The first-order valence-electron chi connectivity index (χ1n) is 9.40. The summed E-state index contributed by atoms with van der Waals surface area (Å²) >= 11 is 0. The van der Waals surface area contributed by atoms with Crippen LogP contribution in [0, 0.1) is 0 Å². The molecule has 1 aromatic rings. The van der Waals surface area contributed by atoms with Gasteiger partial charge in [-0.15, -0.1) is 0 Å². The molecule has 27 heavy (non-hydrogen) atoms. The van der Waals surface area contributed by atoms with Crippen molar-refractivity contribution in [3.63, 3.8) is 0 Å². The highest BCUT2D eigenvalue weighted by molar-refractivity contribution is 7.89. The lowest BCUT2D eigenvalue weighted by molar-refractivity contribution is -0.144. The second-order valence-corrected chi connectivity index (χ2v) is 9.00. The zero-order chi connectivity index (χ0) is 19.4. The van der Waals surface area contributed by atoms with Gasteiger partial charge in [-0.2, -0.15) is 4.31 Å². The molecule has 1 N–H and O–H groups in total. The number of nitrogens with zero attached hydrogens (tertiary/aromatic N) is 1. The molecular formula is C19H26N2O5S. The van der Waals surface area contributed by atoms with Crippen LogP contribution in [0.4, 0.5) is 0 Å². The van der Waals surface area contributed by atoms with Crippen molar-refractivity contribution in [1.29, 1.82) is 0 Å². The van der Waals surface area contributed by atoms with E-state index in [1.807, 2.05) is 12.1 Å². The first-order chi connectivity index (χ1) is 12.9. The minimum atomic E-state index is -3.88. The van der Waals surface area contributed by atoms with Crippen LogP contribution in [0.25, 0.3) is 0 Å². The summed E-state index contributed by atoms with van der Waals surface area (Å²) in [7, 11) is -2.67. The summed E-state index contributed by atoms with van der Waals surface area (Å²) in [6, 6.07) is 5.89. The molecule has 2 aliphatic rings. The Morgan fingerprint density at radius 1 is 1.19 bits per heavy atom. The summed E-state index contributed by atoms with van der Waals surface area (Å²) in [4.78, 5) is 23.9. The molecule has 0 spiro atoms. The molecule has 1 aliphatic carbocycles. The first kappa shape index (κ1) is 19.8. The normalized spacial score (nSPS) is 22.3. The largest absolute Gasteiger partial charge is 0.469 e. The van der Waals surface area contributed by atoms with Crippen LogP contribution in [-0.2, 0) is 24.3 Å². The lowest BCUT2D eigenvalue weighted by Gasteiger charge is -2.33. The van der Waals surface area contributed by atoms with Crippen LogP contribution in [0.5, 0.6) is 0 Å². The van der Waals surface area contributed by atoms with Gasteiger partial charge in [0.2, 0.25) is 15.9 Å². The highest BCUT2D eigenvalue weighted by Crippen LogP contribution is 2.33. The Bertz CT molecular complexity index is 785. The fourth-order valence-corrected chi connectivity index (χ4v) is 5.49. The maximum Gasteiger partial charge on any atom is 0.307 e. The average molecular weight is 394 g/mol. The molecular weight excluding hydrogens is 368 g/mol. The topological polar surface area (TPSA) is 92.8 Å². The Labute approximate surface area is 160 Å². The summed E-state index contributed by atoms with van der Waals surface area (Å²) < 4.78 is 31.9. The van der Waals surface area contributed by atoms with E-state index in [0.717, 1.165) is 22.7 Å². The van der Waals surface area contributed by atoms with Gasteiger partial charge in [0.15, 0.2) is 0 Å². The van der Waals surface area contributed by atoms with E-state index in [9.17, 15) is 18.0 Å². The van der Waals surface area contributed by atoms with Gasteiger partial charge >= 0.3 is 5.97 Å². The van der Waals surface area contributed by atoms with E-state index < -0.39 is 27.9 Å². The Balaban J connectivity index is 1.82. The fourth-order valence-electron chi connectivity index (χ4n) is 3.90. The van der Waals surface area contributed by atoms with Crippen molar-refractivity contribution in [3.8, 4) is 0 Å². The number of piperazine rings is 1. The van der Waals surface area contributed by atoms with E-state index in [1.54, 1.807) is 12.1 Å². The lowest BCUT2D eigenvalue weighted by Crippen LogP contribution is -2.57. The van der Waals surface area contributed by atoms with E-state index in [4.69, 9.17) is 0 Å². The number of carbonyl (C=O) groups excluding carboxylic acids is 2. The molecule has 1 aliphatic heterocycles. The van der Waals surface area contributed by atoms with Gasteiger partial charge in [0, 0.05) is 13.1 Å². The number of ether oxygens (including phenoxy) is 1. The lowest BCUT2D eigenvalue weighted by atomic mass is 9.84. The number of rotatable bonds is 5. The maximum absolute atomic E-state index is 13.1. The number of hydrogen-bond donors (Lipinski definition) is 1. The Hall–Kier alpha value is -1.93. The summed E-state index contributed by atoms with van der Waals surface area (Å²) in [6.07, 6.45) is 5.66. The molecule has 0 radical (unpaired) electrons. The zero-order valence-corrected chi connectivity index (χ0v) is 16.3. The minimum absolute atomic E-state index is 0.125. The predicted octanol–water partition coefficient (Wildman–Crippen LogP) is 1.79. The van der Waals surface area contributed by atoms with Crippen molar-refractivity contribution in [2.75, 3.05) is 20.2 Å². The van der Waals surface area contributed by atoms with Gasteiger partial charge in [0.25, 0.3) is 0 Å². The third-order valence-electron chi connectivity index (χ3n) is 5.43. The molecule has 2 fully saturated rings. The smallest absolute Gasteiger partial charge is 0.307 e. The van der Waals surface area contributed by atoms with Crippen LogP contribution in [0.1, 0.15) is 50.0 Å². The Morgan fingerprint density at radius 2 is 1.85 bits per heavy atom. The van der Waals surface area contributed by atoms with Crippen molar-refractivity contribution < 1.29 is 22.7 Å². The van der Waals surface area contributed by atoms with Crippen molar-refractivity contribution in [2.45, 2.75) is 55.4 Å². The molecule has 0 aromatic heterocycles. The summed E-state index contributed by atoms with van der Waals surface area (Å²) in [6.45, 7) is 0.343. The van der Waals surface area contributed by atoms with Crippen LogP contribution >= 0.6 is 0 Å². The summed E-state index contributed by atoms with van der Waals surface area (Å²) in [5.74, 6) is -0.609. The SMILES string of the molecule is COC(=O)CC1C(=O)NCCN1S(=O)(=O)c1ccc(C2CCCCC2)cc1. The summed E-state index contributed by atoms with van der Waals surface area (Å²) in [5.41, 5.74) is 1.16. The second kappa shape index (κ2) is 8.39. The number of methoxy groups -OCH3 is 1. The van der Waals surface area contributed by atoms with Gasteiger partial charge in [0.1, 0.15) is 6.04 Å². The van der Waals surface area contributed by atoms with E-state index >= 15 is 0 Å². The number of esters is 1. The van der Waals surface area contributed by atoms with Crippen molar-refractivity contribution in [3.05, 3.63) is 29.8 Å². The number of carbonyl (C=O) groups is 2. The molecule has 0 bridgehead atoms. The van der Waals surface area contributed by atoms with Crippen molar-refractivity contribution in [2.24, 2.45) is 0 Å². The Morgan fingerprint density at radius 3 is 2.48 bits per heavy atom. The summed E-state index contributed by atoms with van der Waals surface area (Å²) in [5, 5.41) is 2.61. The molecule has 7 nitrogen and oxygen atoms in total. The van der Waals surface area contributed by atoms with E-state index in [0.29, 0.717) is 5.92 Å². The van der Waals surface area contributed by atoms with Gasteiger partial charge in [-0.1, -0.05) is 31.4 Å². The second-order valence-electron chi connectivity index (χ2n) is 7.11. The average Bonchev–Trinajstić information content (AvgIpc) is 2.70. The molecule has 148 valence electrons. The highest BCUT2D eigenvalue weighted by atomic mass is 32.2. The van der Waals surface area contributed by atoms with Gasteiger partial charge in [-0.3, -0.25) is 9.59 Å². The zero-order valence-electron chi connectivity index (χ0n) is 15.5. The van der Waals surface area contributed by atoms with E-state index in [1.165, 1.54) is 26.4 Å². The van der Waals surface area contributed by atoms with Crippen molar-refractivity contribution in [1.82, 2.24) is 9.62 Å². The monoisotopic (exact) mass is 394 g/mol. The standard InChI is InChI=1S/C19H26N2O5S/c1-26-18(22)13-17-19(23)20-11-12-21(17)27(24,25)16-9-7-15(8-10-16)14-5-3-2-4-6-14/h7-10,14,17H,2-6,11-13H2,1H3,(H,20,23). The quantitative estimate of drug-likeness (QED) is 0.769. The molecule has 3 rings (SSSR count). The van der Waals surface area contributed by atoms with Crippen LogP contribution in [0.15, 0.2) is 29.2 Å². The maximum atomic E-state index is 13.1. The number of sulfonamides is 1. The molecule has 1 unspecified atom stereocenters. The molecule has 1 heterocycles. The van der Waals surface area contributed by atoms with Crippen LogP contribution in [0.2, 0.25) is 0 Å². The number of nitrogens with one attached hydrogen (secondary N) is 1. The van der Waals surface area contributed by atoms with Gasteiger partial charge in [0.05, 0.1) is 18.4 Å². The third kappa shape index (κ3) is 4.32. The van der Waals surface area contributed by atoms with Crippen molar-refractivity contribution >= 4 is 21.9 Å². The molecule has 1 atom stereocenters. The third-order valence-corrected chi connectivity index (χ3v) is 7.36. The minimum Gasteiger partial charge on any atom is -0.469 e. The highest BCUT2D eigenvalue weighted by Gasteiger charge is 2.39. The number of benzene rings is 1. The van der Waals surface area contributed by atoms with Crippen LogP contribution in [0.3, 0.4) is 0 Å². The first-order valence-corrected chi connectivity index (χ1v) is 10.8. The van der Waals surface area contributed by atoms with Crippen LogP contribution < -0.4 is 5.32 Å². The molecule has 1 aromatic carbocycles. The predicted molar refractivity (Wildman–Crippen MR) is 99.6 cm³/mol. The molecule has 8 heteroatoms. The molecule has 1 amide bonds. The molecule has 1 saturated heterocycles. The van der Waals surface area contributed by atoms with Crippen LogP contribution in [-0.4, -0.2) is 50.8 Å². The molecule has 1 saturated carbocycles. The Kier molecular flexibility index (Phi) is 6.16. The van der Waals surface area contributed by atoms with Gasteiger partial charge in [-0.25, -0.2) is 8.42 Å². The van der Waals surface area contributed by atoms with Gasteiger partial charge in [-0.05, 0) is 36.5 Å². The fraction of sp³-hybridized carbons (Fsp3) is 0.579. The van der Waals surface area contributed by atoms with Gasteiger partial charge < -0.3 is 10.1 Å². The number of hydrogen-bond acceptors (Lipinski definition) is 5. The number of amides is 1. The van der Waals surface area contributed by atoms with E-state index in [2.05, 4.69) is 10.1 Å².